The number of halogens is 2. The van der Waals surface area contributed by atoms with Gasteiger partial charge in [-0.15, -0.1) is 0 Å². The van der Waals surface area contributed by atoms with Crippen molar-refractivity contribution in [2.75, 3.05) is 0 Å². The van der Waals surface area contributed by atoms with E-state index in [4.69, 9.17) is 23.2 Å². The standard InChI is InChI=1S/C5H6Cl2O3/c1-3(8)2-4(9)10-5(6)7/h5H,2H2,1H3. The average Bonchev–Trinajstić information content (AvgIpc) is 1.58. The highest BCUT2D eigenvalue weighted by Gasteiger charge is 2.09. The Morgan fingerprint density at radius 1 is 1.50 bits per heavy atom. The number of hydrogen-bond acceptors (Lipinski definition) is 3. The molecule has 0 N–H and O–H groups in total. The summed E-state index contributed by atoms with van der Waals surface area (Å²) in [5.41, 5.74) is 0. The van der Waals surface area contributed by atoms with Gasteiger partial charge in [0.05, 0.1) is 0 Å². The van der Waals surface area contributed by atoms with Crippen LogP contribution in [0.4, 0.5) is 0 Å². The number of alkyl halides is 2. The second-order valence-corrected chi connectivity index (χ2v) is 2.65. The molecule has 0 heterocycles. The molecule has 0 unspecified atom stereocenters. The molecule has 0 aromatic rings. The van der Waals surface area contributed by atoms with E-state index in [1.54, 1.807) is 0 Å². The maximum Gasteiger partial charge on any atom is 0.315 e. The maximum absolute atomic E-state index is 10.5. The van der Waals surface area contributed by atoms with Crippen LogP contribution in [-0.2, 0) is 14.3 Å². The lowest BCUT2D eigenvalue weighted by Gasteiger charge is -2.01. The molecule has 0 aliphatic carbocycles. The summed E-state index contributed by atoms with van der Waals surface area (Å²) in [6, 6.07) is 0. The highest BCUT2D eigenvalue weighted by Crippen LogP contribution is 2.04. The van der Waals surface area contributed by atoms with E-state index in [1.807, 2.05) is 0 Å². The van der Waals surface area contributed by atoms with Crippen LogP contribution in [-0.4, -0.2) is 16.8 Å². The van der Waals surface area contributed by atoms with Crippen molar-refractivity contribution >= 4 is 35.0 Å². The van der Waals surface area contributed by atoms with Gasteiger partial charge in [0.1, 0.15) is 12.2 Å². The Hall–Kier alpha value is -0.280. The van der Waals surface area contributed by atoms with Crippen molar-refractivity contribution < 1.29 is 14.3 Å². The zero-order chi connectivity index (χ0) is 8.15. The molecule has 3 nitrogen and oxygen atoms in total. The van der Waals surface area contributed by atoms with Gasteiger partial charge >= 0.3 is 5.97 Å². The van der Waals surface area contributed by atoms with Crippen molar-refractivity contribution in [2.24, 2.45) is 0 Å². The first-order valence-electron chi connectivity index (χ1n) is 2.49. The number of carbonyl (C=O) groups is 2. The van der Waals surface area contributed by atoms with E-state index in [0.717, 1.165) is 0 Å². The van der Waals surface area contributed by atoms with E-state index in [2.05, 4.69) is 4.74 Å². The van der Waals surface area contributed by atoms with Crippen LogP contribution in [0.15, 0.2) is 0 Å². The van der Waals surface area contributed by atoms with Gasteiger partial charge in [0.15, 0.2) is 0 Å². The number of carbonyl (C=O) groups excluding carboxylic acids is 2. The van der Waals surface area contributed by atoms with Crippen LogP contribution in [0, 0.1) is 0 Å². The summed E-state index contributed by atoms with van der Waals surface area (Å²) in [5.74, 6) is -0.985. The van der Waals surface area contributed by atoms with Crippen LogP contribution in [0.1, 0.15) is 13.3 Å². The number of ether oxygens (including phenoxy) is 1. The summed E-state index contributed by atoms with van der Waals surface area (Å²) >= 11 is 10.1. The molecule has 0 aromatic heterocycles. The van der Waals surface area contributed by atoms with Gasteiger partial charge in [-0.2, -0.15) is 0 Å². The largest absolute Gasteiger partial charge is 0.431 e. The molecular weight excluding hydrogens is 179 g/mol. The third kappa shape index (κ3) is 5.85. The fourth-order valence-corrected chi connectivity index (χ4v) is 0.543. The number of esters is 1. The van der Waals surface area contributed by atoms with Gasteiger partial charge in [0, 0.05) is 0 Å². The first-order chi connectivity index (χ1) is 4.52. The summed E-state index contributed by atoms with van der Waals surface area (Å²) in [6.45, 7) is 1.28. The molecule has 0 aromatic carbocycles. The minimum Gasteiger partial charge on any atom is -0.431 e. The topological polar surface area (TPSA) is 43.4 Å². The highest BCUT2D eigenvalue weighted by atomic mass is 35.5. The average molecular weight is 185 g/mol. The van der Waals surface area contributed by atoms with Crippen molar-refractivity contribution in [2.45, 2.75) is 18.4 Å². The molecule has 0 amide bonds. The fourth-order valence-electron chi connectivity index (χ4n) is 0.344. The zero-order valence-corrected chi connectivity index (χ0v) is 6.78. The summed E-state index contributed by atoms with van der Waals surface area (Å²) in [7, 11) is 0. The molecule has 10 heavy (non-hydrogen) atoms. The lowest BCUT2D eigenvalue weighted by molar-refractivity contribution is -0.145. The van der Waals surface area contributed by atoms with Crippen molar-refractivity contribution in [3.05, 3.63) is 0 Å². The van der Waals surface area contributed by atoms with Gasteiger partial charge in [-0.3, -0.25) is 9.59 Å². The molecule has 58 valence electrons. The van der Waals surface area contributed by atoms with E-state index in [-0.39, 0.29) is 12.2 Å². The van der Waals surface area contributed by atoms with Crippen molar-refractivity contribution in [3.63, 3.8) is 0 Å². The van der Waals surface area contributed by atoms with Gasteiger partial charge in [-0.25, -0.2) is 0 Å². The third-order valence-corrected chi connectivity index (χ3v) is 0.792. The monoisotopic (exact) mass is 184 g/mol. The first kappa shape index (κ1) is 9.72. The van der Waals surface area contributed by atoms with Crippen LogP contribution >= 0.6 is 23.2 Å². The molecule has 0 saturated heterocycles. The fraction of sp³-hybridized carbons (Fsp3) is 0.600. The van der Waals surface area contributed by atoms with Gasteiger partial charge in [0.2, 0.25) is 0 Å². The Morgan fingerprint density at radius 3 is 2.30 bits per heavy atom. The van der Waals surface area contributed by atoms with Crippen molar-refractivity contribution in [1.82, 2.24) is 0 Å². The van der Waals surface area contributed by atoms with Crippen LogP contribution in [0.3, 0.4) is 0 Å². The molecule has 0 fully saturated rings. The van der Waals surface area contributed by atoms with Crippen LogP contribution in [0.2, 0.25) is 0 Å². The minimum atomic E-state index is -1.19. The molecule has 0 atom stereocenters. The Morgan fingerprint density at radius 2 is 2.00 bits per heavy atom. The Balaban J connectivity index is 3.54. The summed E-state index contributed by atoms with van der Waals surface area (Å²) in [4.78, 5) is 20.7. The van der Waals surface area contributed by atoms with Gasteiger partial charge in [-0.05, 0) is 6.92 Å². The molecule has 0 saturated carbocycles. The minimum absolute atomic E-state index is 0.279. The lowest BCUT2D eigenvalue weighted by atomic mass is 10.3. The molecular formula is C5H6Cl2O3. The number of Topliss-reactive ketones (excluding diaryl/α,β-unsaturated/α-hetero) is 1. The Bertz CT molecular complexity index is 144. The third-order valence-electron chi connectivity index (χ3n) is 0.614. The Labute approximate surface area is 68.2 Å². The van der Waals surface area contributed by atoms with Crippen molar-refractivity contribution in [3.8, 4) is 0 Å². The van der Waals surface area contributed by atoms with Crippen LogP contribution < -0.4 is 0 Å². The van der Waals surface area contributed by atoms with Gasteiger partial charge < -0.3 is 4.74 Å². The predicted octanol–water partition coefficient (Wildman–Crippen LogP) is 1.27. The van der Waals surface area contributed by atoms with E-state index >= 15 is 0 Å². The second-order valence-electron chi connectivity index (χ2n) is 1.63. The summed E-state index contributed by atoms with van der Waals surface area (Å²) < 4.78 is 4.23. The van der Waals surface area contributed by atoms with E-state index in [1.165, 1.54) is 6.92 Å². The van der Waals surface area contributed by atoms with E-state index < -0.39 is 11.0 Å². The summed E-state index contributed by atoms with van der Waals surface area (Å²) in [6.07, 6.45) is -0.282. The van der Waals surface area contributed by atoms with E-state index in [9.17, 15) is 9.59 Å². The van der Waals surface area contributed by atoms with Crippen molar-refractivity contribution in [1.29, 1.82) is 0 Å². The number of ketones is 1. The number of hydrogen-bond donors (Lipinski definition) is 0. The lowest BCUT2D eigenvalue weighted by Crippen LogP contribution is -2.10. The molecule has 0 aliphatic rings. The predicted molar refractivity (Wildman–Crippen MR) is 36.9 cm³/mol. The smallest absolute Gasteiger partial charge is 0.315 e. The SMILES string of the molecule is CC(=O)CC(=O)OC(Cl)Cl. The molecule has 0 rings (SSSR count). The molecule has 0 aliphatic heterocycles. The van der Waals surface area contributed by atoms with Gasteiger partial charge in [0.25, 0.3) is 5.02 Å². The second kappa shape index (κ2) is 4.52. The highest BCUT2D eigenvalue weighted by molar-refractivity contribution is 6.43. The van der Waals surface area contributed by atoms with Gasteiger partial charge in [-0.1, -0.05) is 23.2 Å². The quantitative estimate of drug-likeness (QED) is 0.377. The van der Waals surface area contributed by atoms with E-state index in [0.29, 0.717) is 0 Å². The Kier molecular flexibility index (Phi) is 4.40. The molecule has 0 spiro atoms. The molecule has 0 bridgehead atoms. The zero-order valence-electron chi connectivity index (χ0n) is 5.27. The normalized spacial score (nSPS) is 9.60. The molecule has 0 radical (unpaired) electrons. The molecule has 5 heteroatoms. The number of rotatable bonds is 3. The summed E-state index contributed by atoms with van der Waals surface area (Å²) in [5, 5.41) is -1.19. The van der Waals surface area contributed by atoms with Crippen LogP contribution in [0.25, 0.3) is 0 Å². The first-order valence-corrected chi connectivity index (χ1v) is 3.36. The van der Waals surface area contributed by atoms with Crippen LogP contribution in [0.5, 0.6) is 0 Å². The maximum atomic E-state index is 10.5.